The Morgan fingerprint density at radius 2 is 1.87 bits per heavy atom. The number of methoxy groups -OCH3 is 2. The van der Waals surface area contributed by atoms with Crippen LogP contribution in [0.3, 0.4) is 0 Å². The minimum atomic E-state index is -1.22. The molecule has 0 radical (unpaired) electrons. The molecule has 1 fully saturated rings. The number of pyridine rings is 1. The maximum Gasteiger partial charge on any atom is 0.341 e. The molecule has 6 nitrogen and oxygen atoms in total. The van der Waals surface area contributed by atoms with E-state index in [1.165, 1.54) is 24.9 Å². The predicted octanol–water partition coefficient (Wildman–Crippen LogP) is 2.43. The zero-order valence-corrected chi connectivity index (χ0v) is 12.9. The molecule has 23 heavy (non-hydrogen) atoms. The highest BCUT2D eigenvalue weighted by Crippen LogP contribution is 2.40. The molecule has 0 bridgehead atoms. The first-order chi connectivity index (χ1) is 11.0. The van der Waals surface area contributed by atoms with Crippen LogP contribution in [0.1, 0.15) is 34.7 Å². The van der Waals surface area contributed by atoms with Gasteiger partial charge >= 0.3 is 5.97 Å². The summed E-state index contributed by atoms with van der Waals surface area (Å²) in [4.78, 5) is 23.8. The third-order valence-corrected chi connectivity index (χ3v) is 3.96. The summed E-state index contributed by atoms with van der Waals surface area (Å²) in [5, 5.41) is 9.29. The van der Waals surface area contributed by atoms with Crippen LogP contribution in [0.25, 0.3) is 5.69 Å². The molecule has 0 spiro atoms. The van der Waals surface area contributed by atoms with Crippen LogP contribution in [-0.2, 0) is 0 Å². The summed E-state index contributed by atoms with van der Waals surface area (Å²) >= 11 is 0. The second kappa shape index (κ2) is 5.79. The number of carboxylic acids is 1. The highest BCUT2D eigenvalue weighted by Gasteiger charge is 2.26. The van der Waals surface area contributed by atoms with E-state index in [0.29, 0.717) is 23.1 Å². The molecular formula is C17H17NO5. The van der Waals surface area contributed by atoms with Crippen molar-refractivity contribution in [2.75, 3.05) is 14.2 Å². The van der Waals surface area contributed by atoms with Crippen LogP contribution in [0.5, 0.6) is 11.5 Å². The van der Waals surface area contributed by atoms with Gasteiger partial charge in [0, 0.05) is 12.3 Å². The predicted molar refractivity (Wildman–Crippen MR) is 84.1 cm³/mol. The number of carbonyl (C=O) groups is 1. The van der Waals surface area contributed by atoms with E-state index in [9.17, 15) is 14.7 Å². The largest absolute Gasteiger partial charge is 0.493 e. The fourth-order valence-corrected chi connectivity index (χ4v) is 2.56. The van der Waals surface area contributed by atoms with E-state index in [4.69, 9.17) is 9.47 Å². The van der Waals surface area contributed by atoms with Gasteiger partial charge in [-0.2, -0.15) is 0 Å². The van der Waals surface area contributed by atoms with E-state index in [1.807, 2.05) is 0 Å². The monoisotopic (exact) mass is 315 g/mol. The quantitative estimate of drug-likeness (QED) is 0.917. The molecule has 1 heterocycles. The molecule has 2 aromatic rings. The Morgan fingerprint density at radius 1 is 1.17 bits per heavy atom. The molecule has 0 atom stereocenters. The van der Waals surface area contributed by atoms with Gasteiger partial charge in [0.25, 0.3) is 5.56 Å². The van der Waals surface area contributed by atoms with Crippen molar-refractivity contribution in [3.8, 4) is 17.2 Å². The zero-order chi connectivity index (χ0) is 16.6. The van der Waals surface area contributed by atoms with Crippen LogP contribution in [0.2, 0.25) is 0 Å². The van der Waals surface area contributed by atoms with Gasteiger partial charge in [-0.3, -0.25) is 9.36 Å². The Kier molecular flexibility index (Phi) is 3.82. The lowest BCUT2D eigenvalue weighted by Crippen LogP contribution is -2.25. The van der Waals surface area contributed by atoms with Gasteiger partial charge in [0.1, 0.15) is 5.56 Å². The number of ether oxygens (including phenoxy) is 2. The summed E-state index contributed by atoms with van der Waals surface area (Å²) in [6.07, 6.45) is 3.75. The number of hydrogen-bond donors (Lipinski definition) is 1. The van der Waals surface area contributed by atoms with Gasteiger partial charge in [0.05, 0.1) is 19.9 Å². The van der Waals surface area contributed by atoms with Crippen molar-refractivity contribution in [1.29, 1.82) is 0 Å². The third-order valence-electron chi connectivity index (χ3n) is 3.96. The fourth-order valence-electron chi connectivity index (χ4n) is 2.56. The summed E-state index contributed by atoms with van der Waals surface area (Å²) in [5.41, 5.74) is 0.632. The first-order valence-electron chi connectivity index (χ1n) is 7.27. The molecule has 6 heteroatoms. The minimum absolute atomic E-state index is 0.218. The summed E-state index contributed by atoms with van der Waals surface area (Å²) < 4.78 is 11.8. The van der Waals surface area contributed by atoms with Gasteiger partial charge in [-0.15, -0.1) is 0 Å². The fraction of sp³-hybridized carbons (Fsp3) is 0.294. The smallest absolute Gasteiger partial charge is 0.341 e. The van der Waals surface area contributed by atoms with Gasteiger partial charge < -0.3 is 14.6 Å². The molecule has 0 unspecified atom stereocenters. The lowest BCUT2D eigenvalue weighted by molar-refractivity contribution is 0.0694. The number of rotatable bonds is 5. The molecule has 0 saturated heterocycles. The number of benzene rings is 1. The number of nitrogens with zero attached hydrogens (tertiary/aromatic N) is 1. The van der Waals surface area contributed by atoms with Crippen molar-refractivity contribution in [2.24, 2.45) is 0 Å². The van der Waals surface area contributed by atoms with Crippen LogP contribution in [0, 0.1) is 0 Å². The maximum absolute atomic E-state index is 12.5. The Bertz CT molecular complexity index is 820. The van der Waals surface area contributed by atoms with Crippen molar-refractivity contribution in [1.82, 2.24) is 4.57 Å². The van der Waals surface area contributed by atoms with E-state index in [1.54, 1.807) is 24.4 Å². The lowest BCUT2D eigenvalue weighted by atomic mass is 10.1. The number of hydrogen-bond acceptors (Lipinski definition) is 4. The van der Waals surface area contributed by atoms with Crippen LogP contribution in [0.4, 0.5) is 0 Å². The standard InChI is InChI=1S/C17H17NO5/c1-22-14-6-5-12(8-15(14)23-2)18-9-11(10-3-4-10)7-13(16(18)19)17(20)21/h5-10H,3-4H2,1-2H3,(H,20,21). The topological polar surface area (TPSA) is 77.8 Å². The molecule has 120 valence electrons. The lowest BCUT2D eigenvalue weighted by Gasteiger charge is -2.13. The number of carboxylic acid groups (broad SMARTS) is 1. The average Bonchev–Trinajstić information content (AvgIpc) is 3.39. The zero-order valence-electron chi connectivity index (χ0n) is 12.9. The Balaban J connectivity index is 2.19. The molecule has 1 N–H and O–H groups in total. The molecule has 1 saturated carbocycles. The number of aromatic nitrogens is 1. The minimum Gasteiger partial charge on any atom is -0.493 e. The van der Waals surface area contributed by atoms with Gasteiger partial charge in [-0.1, -0.05) is 0 Å². The van der Waals surface area contributed by atoms with Gasteiger partial charge in [-0.25, -0.2) is 4.79 Å². The van der Waals surface area contributed by atoms with E-state index in [0.717, 1.165) is 18.4 Å². The SMILES string of the molecule is COc1ccc(-n2cc(C3CC3)cc(C(=O)O)c2=O)cc1OC. The highest BCUT2D eigenvalue weighted by atomic mass is 16.5. The van der Waals surface area contributed by atoms with Crippen molar-refractivity contribution < 1.29 is 19.4 Å². The normalized spacial score (nSPS) is 13.7. The van der Waals surface area contributed by atoms with Gasteiger partial charge in [0.2, 0.25) is 0 Å². The molecular weight excluding hydrogens is 298 g/mol. The Labute approximate surface area is 132 Å². The molecule has 1 aromatic carbocycles. The summed E-state index contributed by atoms with van der Waals surface area (Å²) in [5.74, 6) is 0.138. The molecule has 1 aromatic heterocycles. The van der Waals surface area contributed by atoms with Gasteiger partial charge in [-0.05, 0) is 42.5 Å². The highest BCUT2D eigenvalue weighted by molar-refractivity contribution is 5.87. The third kappa shape index (κ3) is 2.79. The van der Waals surface area contributed by atoms with E-state index < -0.39 is 11.5 Å². The first-order valence-corrected chi connectivity index (χ1v) is 7.27. The summed E-state index contributed by atoms with van der Waals surface area (Å²) in [6, 6.07) is 6.53. The molecule has 0 aliphatic heterocycles. The van der Waals surface area contributed by atoms with Crippen LogP contribution < -0.4 is 15.0 Å². The van der Waals surface area contributed by atoms with E-state index in [-0.39, 0.29) is 5.56 Å². The van der Waals surface area contributed by atoms with Crippen LogP contribution in [0.15, 0.2) is 35.3 Å². The van der Waals surface area contributed by atoms with Crippen LogP contribution >= 0.6 is 0 Å². The van der Waals surface area contributed by atoms with Crippen LogP contribution in [-0.4, -0.2) is 29.9 Å². The molecule has 0 amide bonds. The first kappa shape index (κ1) is 15.1. The second-order valence-corrected chi connectivity index (χ2v) is 5.48. The maximum atomic E-state index is 12.5. The van der Waals surface area contributed by atoms with Crippen molar-refractivity contribution in [2.45, 2.75) is 18.8 Å². The van der Waals surface area contributed by atoms with Gasteiger partial charge in [0.15, 0.2) is 11.5 Å². The van der Waals surface area contributed by atoms with Crippen molar-refractivity contribution >= 4 is 5.97 Å². The Morgan fingerprint density at radius 3 is 2.43 bits per heavy atom. The molecule has 1 aliphatic rings. The van der Waals surface area contributed by atoms with E-state index >= 15 is 0 Å². The summed E-state index contributed by atoms with van der Waals surface area (Å²) in [6.45, 7) is 0. The van der Waals surface area contributed by atoms with E-state index in [2.05, 4.69) is 0 Å². The van der Waals surface area contributed by atoms with Crippen molar-refractivity contribution in [3.63, 3.8) is 0 Å². The second-order valence-electron chi connectivity index (χ2n) is 5.48. The average molecular weight is 315 g/mol. The number of aromatic carboxylic acids is 1. The van der Waals surface area contributed by atoms with Crippen molar-refractivity contribution in [3.05, 3.63) is 51.9 Å². The molecule has 1 aliphatic carbocycles. The Hall–Kier alpha value is -2.76. The molecule has 3 rings (SSSR count). The summed E-state index contributed by atoms with van der Waals surface area (Å²) in [7, 11) is 3.04.